The number of nitrogens with zero attached hydrogens (tertiary/aromatic N) is 2. The van der Waals surface area contributed by atoms with Crippen LogP contribution in [0.3, 0.4) is 0 Å². The monoisotopic (exact) mass is 344 g/mol. The number of hydrogen-bond acceptors (Lipinski definition) is 4. The summed E-state index contributed by atoms with van der Waals surface area (Å²) in [5.41, 5.74) is 1.32. The number of thioether (sulfide) groups is 1. The van der Waals surface area contributed by atoms with E-state index in [-0.39, 0.29) is 5.91 Å². The highest BCUT2D eigenvalue weighted by Crippen LogP contribution is 2.30. The van der Waals surface area contributed by atoms with Crippen molar-refractivity contribution in [3.05, 3.63) is 53.5 Å². The number of carbonyl (C=O) groups excluding carboxylic acids is 1. The average Bonchev–Trinajstić information content (AvgIpc) is 3.33. The van der Waals surface area contributed by atoms with Crippen molar-refractivity contribution in [3.63, 3.8) is 0 Å². The standard InChI is InChI=1S/C19H24N2O2S/c1-20(2)19(22)18-11-8-16(23-18)13-21(15-6-7-15)12-14-4-9-17(24-3)10-5-14/h4-5,8-11,15H,6-7,12-13H2,1-3H3. The summed E-state index contributed by atoms with van der Waals surface area (Å²) in [6.07, 6.45) is 4.58. The van der Waals surface area contributed by atoms with Gasteiger partial charge < -0.3 is 9.32 Å². The summed E-state index contributed by atoms with van der Waals surface area (Å²) in [6.45, 7) is 1.66. The second-order valence-corrected chi connectivity index (χ2v) is 7.33. The Morgan fingerprint density at radius 1 is 1.12 bits per heavy atom. The number of carbonyl (C=O) groups is 1. The number of rotatable bonds is 7. The summed E-state index contributed by atoms with van der Waals surface area (Å²) in [7, 11) is 3.47. The molecule has 0 saturated heterocycles. The molecular weight excluding hydrogens is 320 g/mol. The van der Waals surface area contributed by atoms with Crippen LogP contribution >= 0.6 is 11.8 Å². The topological polar surface area (TPSA) is 36.7 Å². The Bertz CT molecular complexity index is 690. The minimum Gasteiger partial charge on any atom is -0.455 e. The van der Waals surface area contributed by atoms with Crippen LogP contribution in [0.1, 0.15) is 34.7 Å². The van der Waals surface area contributed by atoms with Gasteiger partial charge >= 0.3 is 0 Å². The van der Waals surface area contributed by atoms with Gasteiger partial charge in [0.1, 0.15) is 5.76 Å². The molecule has 1 aliphatic carbocycles. The van der Waals surface area contributed by atoms with Gasteiger partial charge in [0.2, 0.25) is 0 Å². The number of furan rings is 1. The number of hydrogen-bond donors (Lipinski definition) is 0. The molecule has 2 aromatic rings. The van der Waals surface area contributed by atoms with Gasteiger partial charge in [-0.3, -0.25) is 9.69 Å². The van der Waals surface area contributed by atoms with E-state index in [1.165, 1.54) is 28.2 Å². The molecule has 0 atom stereocenters. The van der Waals surface area contributed by atoms with Crippen LogP contribution in [0.5, 0.6) is 0 Å². The van der Waals surface area contributed by atoms with E-state index in [9.17, 15) is 4.79 Å². The molecule has 0 spiro atoms. The molecule has 1 amide bonds. The van der Waals surface area contributed by atoms with Crippen molar-refractivity contribution in [2.45, 2.75) is 36.9 Å². The van der Waals surface area contributed by atoms with Crippen LogP contribution in [-0.4, -0.2) is 42.1 Å². The van der Waals surface area contributed by atoms with Crippen molar-refractivity contribution in [2.75, 3.05) is 20.4 Å². The SMILES string of the molecule is CSc1ccc(CN(Cc2ccc(C(=O)N(C)C)o2)C2CC2)cc1. The highest BCUT2D eigenvalue weighted by molar-refractivity contribution is 7.98. The first-order chi connectivity index (χ1) is 11.6. The van der Waals surface area contributed by atoms with Crippen LogP contribution in [0.25, 0.3) is 0 Å². The lowest BCUT2D eigenvalue weighted by atomic mass is 10.2. The molecule has 24 heavy (non-hydrogen) atoms. The van der Waals surface area contributed by atoms with E-state index in [1.54, 1.807) is 31.9 Å². The van der Waals surface area contributed by atoms with Crippen molar-refractivity contribution < 1.29 is 9.21 Å². The minimum absolute atomic E-state index is 0.0909. The summed E-state index contributed by atoms with van der Waals surface area (Å²) in [5, 5.41) is 0. The van der Waals surface area contributed by atoms with Crippen LogP contribution in [0.4, 0.5) is 0 Å². The fourth-order valence-corrected chi connectivity index (χ4v) is 3.13. The summed E-state index contributed by atoms with van der Waals surface area (Å²) >= 11 is 1.76. The third-order valence-electron chi connectivity index (χ3n) is 4.25. The molecule has 1 saturated carbocycles. The minimum atomic E-state index is -0.0909. The van der Waals surface area contributed by atoms with E-state index >= 15 is 0 Å². The van der Waals surface area contributed by atoms with Gasteiger partial charge in [-0.05, 0) is 48.9 Å². The molecule has 128 valence electrons. The summed E-state index contributed by atoms with van der Waals surface area (Å²) in [6, 6.07) is 13.1. The largest absolute Gasteiger partial charge is 0.455 e. The van der Waals surface area contributed by atoms with Gasteiger partial charge in [-0.2, -0.15) is 0 Å². The van der Waals surface area contributed by atoms with Crippen molar-refractivity contribution in [1.29, 1.82) is 0 Å². The molecule has 0 radical (unpaired) electrons. The van der Waals surface area contributed by atoms with E-state index in [4.69, 9.17) is 4.42 Å². The maximum atomic E-state index is 12.0. The molecule has 1 aliphatic rings. The van der Waals surface area contributed by atoms with Crippen molar-refractivity contribution in [2.24, 2.45) is 0 Å². The van der Waals surface area contributed by atoms with Crippen molar-refractivity contribution >= 4 is 17.7 Å². The molecule has 0 aliphatic heterocycles. The zero-order valence-corrected chi connectivity index (χ0v) is 15.3. The molecule has 5 heteroatoms. The van der Waals surface area contributed by atoms with E-state index < -0.39 is 0 Å². The normalized spacial score (nSPS) is 14.2. The zero-order valence-electron chi connectivity index (χ0n) is 14.5. The van der Waals surface area contributed by atoms with Crippen LogP contribution < -0.4 is 0 Å². The zero-order chi connectivity index (χ0) is 17.1. The molecule has 1 heterocycles. The fraction of sp³-hybridized carbons (Fsp3) is 0.421. The predicted octanol–water partition coefficient (Wildman–Crippen LogP) is 3.87. The molecule has 4 nitrogen and oxygen atoms in total. The predicted molar refractivity (Wildman–Crippen MR) is 97.2 cm³/mol. The summed E-state index contributed by atoms with van der Waals surface area (Å²) in [4.78, 5) is 17.2. The molecule has 1 aromatic heterocycles. The first-order valence-electron chi connectivity index (χ1n) is 8.24. The van der Waals surface area contributed by atoms with Crippen LogP contribution in [0.2, 0.25) is 0 Å². The lowest BCUT2D eigenvalue weighted by Crippen LogP contribution is -2.25. The quantitative estimate of drug-likeness (QED) is 0.715. The van der Waals surface area contributed by atoms with Crippen LogP contribution in [0, 0.1) is 0 Å². The molecule has 1 fully saturated rings. The Morgan fingerprint density at radius 2 is 1.83 bits per heavy atom. The third-order valence-corrected chi connectivity index (χ3v) is 4.99. The first-order valence-corrected chi connectivity index (χ1v) is 9.46. The second-order valence-electron chi connectivity index (χ2n) is 6.45. The van der Waals surface area contributed by atoms with Gasteiger partial charge in [-0.15, -0.1) is 11.8 Å². The van der Waals surface area contributed by atoms with Crippen molar-refractivity contribution in [3.8, 4) is 0 Å². The lowest BCUT2D eigenvalue weighted by Gasteiger charge is -2.21. The number of benzene rings is 1. The molecule has 0 bridgehead atoms. The van der Waals surface area contributed by atoms with Gasteiger partial charge in [0.05, 0.1) is 6.54 Å². The highest BCUT2D eigenvalue weighted by Gasteiger charge is 2.29. The Hall–Kier alpha value is -1.72. The van der Waals surface area contributed by atoms with Crippen LogP contribution in [0.15, 0.2) is 45.7 Å². The van der Waals surface area contributed by atoms with E-state index in [1.807, 2.05) is 6.07 Å². The van der Waals surface area contributed by atoms with Gasteiger partial charge in [0.15, 0.2) is 5.76 Å². The maximum Gasteiger partial charge on any atom is 0.289 e. The van der Waals surface area contributed by atoms with Crippen molar-refractivity contribution in [1.82, 2.24) is 9.80 Å². The average molecular weight is 344 g/mol. The Kier molecular flexibility index (Phi) is 5.31. The lowest BCUT2D eigenvalue weighted by molar-refractivity contribution is 0.0792. The summed E-state index contributed by atoms with van der Waals surface area (Å²) < 4.78 is 5.75. The van der Waals surface area contributed by atoms with E-state index in [0.717, 1.165) is 18.8 Å². The van der Waals surface area contributed by atoms with E-state index in [2.05, 4.69) is 35.4 Å². The molecule has 0 unspecified atom stereocenters. The van der Waals surface area contributed by atoms with Crippen LogP contribution in [-0.2, 0) is 13.1 Å². The molecule has 0 N–H and O–H groups in total. The fourth-order valence-electron chi connectivity index (χ4n) is 2.72. The maximum absolute atomic E-state index is 12.0. The molecular formula is C19H24N2O2S. The van der Waals surface area contributed by atoms with Gasteiger partial charge in [0.25, 0.3) is 5.91 Å². The molecule has 3 rings (SSSR count). The third kappa shape index (κ3) is 4.22. The Labute approximate surface area is 147 Å². The second kappa shape index (κ2) is 7.45. The van der Waals surface area contributed by atoms with Gasteiger partial charge in [-0.25, -0.2) is 0 Å². The van der Waals surface area contributed by atoms with E-state index in [0.29, 0.717) is 11.8 Å². The Morgan fingerprint density at radius 3 is 2.42 bits per heavy atom. The Balaban J connectivity index is 1.67. The summed E-state index contributed by atoms with van der Waals surface area (Å²) in [5.74, 6) is 1.18. The van der Waals surface area contributed by atoms with Gasteiger partial charge in [0, 0.05) is 31.6 Å². The smallest absolute Gasteiger partial charge is 0.289 e. The highest BCUT2D eigenvalue weighted by atomic mass is 32.2. The van der Waals surface area contributed by atoms with Gasteiger partial charge in [-0.1, -0.05) is 12.1 Å². The number of amides is 1. The molecule has 1 aromatic carbocycles. The first kappa shape index (κ1) is 17.1.